The molecule has 0 radical (unpaired) electrons. The van der Waals surface area contributed by atoms with Crippen LogP contribution in [0.4, 0.5) is 11.4 Å². The Labute approximate surface area is 198 Å². The molecule has 2 unspecified atom stereocenters. The van der Waals surface area contributed by atoms with Gasteiger partial charge < -0.3 is 15.0 Å². The smallest absolute Gasteiger partial charge is 0.227 e. The number of para-hydroxylation sites is 2. The molecule has 2 aromatic carbocycles. The van der Waals surface area contributed by atoms with Crippen molar-refractivity contribution in [3.63, 3.8) is 0 Å². The highest BCUT2D eigenvalue weighted by molar-refractivity contribution is 6.35. The monoisotopic (exact) mass is 472 g/mol. The number of rotatable bonds is 3. The van der Waals surface area contributed by atoms with E-state index in [4.69, 9.17) is 27.9 Å². The molecule has 2 atom stereocenters. The average molecular weight is 473 g/mol. The fourth-order valence-electron chi connectivity index (χ4n) is 4.79. The maximum absolute atomic E-state index is 13.6. The van der Waals surface area contributed by atoms with Crippen molar-refractivity contribution in [1.29, 1.82) is 0 Å². The van der Waals surface area contributed by atoms with Gasteiger partial charge in [-0.15, -0.1) is 0 Å². The van der Waals surface area contributed by atoms with Crippen molar-refractivity contribution >= 4 is 46.3 Å². The fraction of sp³-hybridized carbons (Fsp3) is 0.360. The summed E-state index contributed by atoms with van der Waals surface area (Å²) < 4.78 is 5.65. The molecule has 2 aliphatic rings. The van der Waals surface area contributed by atoms with Crippen LogP contribution in [0.5, 0.6) is 5.75 Å². The molecular formula is C25H26Cl2N2O3. The van der Waals surface area contributed by atoms with Crippen molar-refractivity contribution in [3.8, 4) is 5.75 Å². The number of halogens is 2. The van der Waals surface area contributed by atoms with Crippen LogP contribution in [0, 0.1) is 11.3 Å². The summed E-state index contributed by atoms with van der Waals surface area (Å²) in [5, 5.41) is 4.21. The Balaban J connectivity index is 2.08. The van der Waals surface area contributed by atoms with Gasteiger partial charge in [-0.2, -0.15) is 0 Å². The Morgan fingerprint density at radius 1 is 1.25 bits per heavy atom. The highest BCUT2D eigenvalue weighted by atomic mass is 35.5. The first-order valence-corrected chi connectivity index (χ1v) is 11.4. The Morgan fingerprint density at radius 3 is 2.66 bits per heavy atom. The predicted molar refractivity (Wildman–Crippen MR) is 129 cm³/mol. The number of fused-ring (bicyclic) bond motifs is 2. The van der Waals surface area contributed by atoms with Gasteiger partial charge in [0.1, 0.15) is 11.5 Å². The fourth-order valence-corrected chi connectivity index (χ4v) is 5.38. The first-order chi connectivity index (χ1) is 15.2. The number of anilines is 2. The van der Waals surface area contributed by atoms with E-state index in [0.717, 1.165) is 11.4 Å². The van der Waals surface area contributed by atoms with Crippen LogP contribution < -0.4 is 15.0 Å². The number of allylic oxidation sites excluding steroid dienone is 1. The molecule has 1 aliphatic heterocycles. The minimum atomic E-state index is -0.667. The van der Waals surface area contributed by atoms with Crippen molar-refractivity contribution in [2.75, 3.05) is 17.3 Å². The molecule has 0 saturated carbocycles. The average Bonchev–Trinajstić information content (AvgIpc) is 2.86. The van der Waals surface area contributed by atoms with Gasteiger partial charge in [0.15, 0.2) is 0 Å². The van der Waals surface area contributed by atoms with E-state index in [2.05, 4.69) is 11.4 Å². The lowest BCUT2D eigenvalue weighted by Gasteiger charge is -2.39. The summed E-state index contributed by atoms with van der Waals surface area (Å²) in [6.07, 6.45) is 2.73. The normalized spacial score (nSPS) is 21.6. The quantitative estimate of drug-likeness (QED) is 0.560. The zero-order chi connectivity index (χ0) is 23.2. The van der Waals surface area contributed by atoms with Crippen LogP contribution in [-0.4, -0.2) is 18.8 Å². The molecule has 1 aliphatic carbocycles. The van der Waals surface area contributed by atoms with Gasteiger partial charge in [0.25, 0.3) is 0 Å². The van der Waals surface area contributed by atoms with Crippen LogP contribution in [0.3, 0.4) is 0 Å². The second kappa shape index (κ2) is 8.45. The molecule has 32 heavy (non-hydrogen) atoms. The van der Waals surface area contributed by atoms with Crippen molar-refractivity contribution in [2.45, 2.75) is 39.7 Å². The van der Waals surface area contributed by atoms with Crippen LogP contribution in [-0.2, 0) is 9.59 Å². The summed E-state index contributed by atoms with van der Waals surface area (Å²) in [6.45, 7) is 5.88. The minimum absolute atomic E-state index is 0.0462. The van der Waals surface area contributed by atoms with Crippen LogP contribution in [0.2, 0.25) is 10.0 Å². The molecule has 0 bridgehead atoms. The highest BCUT2D eigenvalue weighted by Gasteiger charge is 2.47. The molecule has 1 N–H and O–H groups in total. The number of hydrogen-bond donors (Lipinski definition) is 1. The summed E-state index contributed by atoms with van der Waals surface area (Å²) in [7, 11) is 1.52. The molecule has 0 spiro atoms. The molecule has 168 valence electrons. The molecule has 1 heterocycles. The number of benzene rings is 2. The number of nitrogens with one attached hydrogen (secondary N) is 1. The number of hydrogen-bond acceptors (Lipinski definition) is 4. The van der Waals surface area contributed by atoms with Gasteiger partial charge >= 0.3 is 0 Å². The third-order valence-corrected chi connectivity index (χ3v) is 6.52. The number of ether oxygens (including phenoxy) is 1. The van der Waals surface area contributed by atoms with E-state index in [9.17, 15) is 9.59 Å². The molecular weight excluding hydrogens is 447 g/mol. The number of amides is 1. The lowest BCUT2D eigenvalue weighted by molar-refractivity contribution is -0.125. The van der Waals surface area contributed by atoms with E-state index < -0.39 is 12.0 Å². The molecule has 0 aromatic heterocycles. The third kappa shape index (κ3) is 3.89. The van der Waals surface area contributed by atoms with Gasteiger partial charge in [-0.3, -0.25) is 9.59 Å². The number of methoxy groups -OCH3 is 1. The standard InChI is InChI=1S/C25H26Cl2N2O3/c1-5-21(31)29-19-9-7-6-8-17(19)28-18-12-25(2,3)13-20(30)22(18)23(29)15-10-14(26)11-16(27)24(15)32-4/h6-12,22-23,28H,5,13H2,1-4H3. The molecule has 0 saturated heterocycles. The zero-order valence-electron chi connectivity index (χ0n) is 18.5. The number of carbonyl (C=O) groups is 2. The first-order valence-electron chi connectivity index (χ1n) is 10.6. The minimum Gasteiger partial charge on any atom is -0.495 e. The van der Waals surface area contributed by atoms with Crippen molar-refractivity contribution < 1.29 is 14.3 Å². The lowest BCUT2D eigenvalue weighted by Crippen LogP contribution is -2.43. The maximum atomic E-state index is 13.6. The molecule has 5 nitrogen and oxygen atoms in total. The van der Waals surface area contributed by atoms with Crippen molar-refractivity contribution in [1.82, 2.24) is 0 Å². The summed E-state index contributed by atoms with van der Waals surface area (Å²) in [4.78, 5) is 28.7. The zero-order valence-corrected chi connectivity index (χ0v) is 20.1. The molecule has 0 fully saturated rings. The van der Waals surface area contributed by atoms with Crippen LogP contribution in [0.25, 0.3) is 0 Å². The lowest BCUT2D eigenvalue weighted by atomic mass is 9.72. The summed E-state index contributed by atoms with van der Waals surface area (Å²) in [5.41, 5.74) is 2.53. The van der Waals surface area contributed by atoms with Crippen molar-refractivity contribution in [3.05, 3.63) is 63.8 Å². The summed E-state index contributed by atoms with van der Waals surface area (Å²) >= 11 is 12.9. The van der Waals surface area contributed by atoms with Crippen LogP contribution >= 0.6 is 23.2 Å². The topological polar surface area (TPSA) is 58.6 Å². The van der Waals surface area contributed by atoms with Gasteiger partial charge in [-0.05, 0) is 29.7 Å². The van der Waals surface area contributed by atoms with E-state index >= 15 is 0 Å². The molecule has 1 amide bonds. The Bertz CT molecular complexity index is 1130. The number of carbonyl (C=O) groups excluding carboxylic acids is 2. The number of ketones is 1. The van der Waals surface area contributed by atoms with E-state index in [-0.39, 0.29) is 23.5 Å². The Kier molecular flexibility index (Phi) is 5.99. The first kappa shape index (κ1) is 22.7. The van der Waals surface area contributed by atoms with Gasteiger partial charge in [0, 0.05) is 29.1 Å². The van der Waals surface area contributed by atoms with E-state index in [1.165, 1.54) is 7.11 Å². The Hall–Kier alpha value is -2.50. The highest BCUT2D eigenvalue weighted by Crippen LogP contribution is 2.51. The molecule has 4 rings (SSSR count). The van der Waals surface area contributed by atoms with Crippen LogP contribution in [0.15, 0.2) is 48.2 Å². The van der Waals surface area contributed by atoms with E-state index in [1.807, 2.05) is 45.0 Å². The van der Waals surface area contributed by atoms with Gasteiger partial charge in [-0.25, -0.2) is 0 Å². The van der Waals surface area contributed by atoms with E-state index in [0.29, 0.717) is 33.5 Å². The molecule has 2 aromatic rings. The summed E-state index contributed by atoms with van der Waals surface area (Å²) in [5.74, 6) is -0.271. The maximum Gasteiger partial charge on any atom is 0.227 e. The van der Waals surface area contributed by atoms with E-state index in [1.54, 1.807) is 17.0 Å². The van der Waals surface area contributed by atoms with Crippen LogP contribution in [0.1, 0.15) is 45.2 Å². The third-order valence-electron chi connectivity index (χ3n) is 6.03. The molecule has 7 heteroatoms. The Morgan fingerprint density at radius 2 is 1.97 bits per heavy atom. The summed E-state index contributed by atoms with van der Waals surface area (Å²) in [6, 6.07) is 10.3. The number of nitrogens with zero attached hydrogens (tertiary/aromatic N) is 1. The second-order valence-electron chi connectivity index (χ2n) is 8.92. The SMILES string of the molecule is CCC(=O)N1c2ccccc2NC2=CC(C)(C)CC(=O)C2C1c1cc(Cl)cc(Cl)c1OC. The second-order valence-corrected chi connectivity index (χ2v) is 9.77. The number of Topliss-reactive ketones (excluding diaryl/α,β-unsaturated/α-hetero) is 1. The predicted octanol–water partition coefficient (Wildman–Crippen LogP) is 6.41. The largest absolute Gasteiger partial charge is 0.495 e. The van der Waals surface area contributed by atoms with Gasteiger partial charge in [0.2, 0.25) is 5.91 Å². The van der Waals surface area contributed by atoms with Crippen molar-refractivity contribution in [2.24, 2.45) is 11.3 Å². The van der Waals surface area contributed by atoms with Gasteiger partial charge in [-0.1, -0.05) is 62.2 Å². The van der Waals surface area contributed by atoms with Gasteiger partial charge in [0.05, 0.1) is 35.5 Å².